The first kappa shape index (κ1) is 24.1. The minimum Gasteiger partial charge on any atom is -0.465 e. The molecule has 0 aliphatic carbocycles. The van der Waals surface area contributed by atoms with E-state index in [0.717, 1.165) is 0 Å². The summed E-state index contributed by atoms with van der Waals surface area (Å²) in [6.07, 6.45) is -1.60. The van der Waals surface area contributed by atoms with Crippen LogP contribution in [0.25, 0.3) is 0 Å². The van der Waals surface area contributed by atoms with E-state index in [2.05, 4.69) is 10.6 Å². The van der Waals surface area contributed by atoms with Crippen molar-refractivity contribution in [2.75, 3.05) is 6.54 Å². The molecule has 1 aromatic rings. The Labute approximate surface area is 177 Å². The summed E-state index contributed by atoms with van der Waals surface area (Å²) in [6, 6.07) is 5.29. The largest absolute Gasteiger partial charge is 0.465 e. The Morgan fingerprint density at radius 3 is 2.43 bits per heavy atom. The molecule has 30 heavy (non-hydrogen) atoms. The molecule has 0 spiro atoms. The van der Waals surface area contributed by atoms with E-state index >= 15 is 0 Å². The zero-order valence-electron chi connectivity index (χ0n) is 17.5. The Hall–Kier alpha value is -2.17. The van der Waals surface area contributed by atoms with E-state index in [9.17, 15) is 28.2 Å². The number of β-amino-alcohol motifs (C(OH)–C–C–N with tert-alkyl or cyclic N) is 1. The summed E-state index contributed by atoms with van der Waals surface area (Å²) in [7, 11) is -4.32. The van der Waals surface area contributed by atoms with Gasteiger partial charge in [-0.3, -0.25) is 4.79 Å². The first-order chi connectivity index (χ1) is 14.0. The number of nitrogens with zero attached hydrogens (tertiary/aromatic N) is 1. The maximum absolute atomic E-state index is 13.5. The van der Waals surface area contributed by atoms with Crippen LogP contribution in [-0.2, 0) is 14.8 Å². The van der Waals surface area contributed by atoms with Gasteiger partial charge in [0.05, 0.1) is 17.0 Å². The lowest BCUT2D eigenvalue weighted by atomic mass is 10.0. The molecule has 168 valence electrons. The van der Waals surface area contributed by atoms with Gasteiger partial charge in [-0.1, -0.05) is 32.0 Å². The highest BCUT2D eigenvalue weighted by molar-refractivity contribution is 7.89. The summed E-state index contributed by atoms with van der Waals surface area (Å²) >= 11 is 0. The Bertz CT molecular complexity index is 830. The van der Waals surface area contributed by atoms with E-state index in [1.807, 2.05) is 20.8 Å². The SMILES string of the molecule is CC(C)C[C@H](NC(=O)O)C(=O)N([C@H]1CC[C@@H](C)NC[C@@H]1O)S(=O)(=O)c1ccccc1. The molecule has 1 heterocycles. The van der Waals surface area contributed by atoms with Gasteiger partial charge in [-0.2, -0.15) is 0 Å². The Morgan fingerprint density at radius 2 is 1.87 bits per heavy atom. The third-order valence-corrected chi connectivity index (χ3v) is 6.97. The van der Waals surface area contributed by atoms with Crippen molar-refractivity contribution >= 4 is 22.0 Å². The van der Waals surface area contributed by atoms with Crippen molar-refractivity contribution in [3.8, 4) is 0 Å². The van der Waals surface area contributed by atoms with E-state index in [0.29, 0.717) is 10.7 Å². The lowest BCUT2D eigenvalue weighted by Crippen LogP contribution is -2.57. The number of aliphatic hydroxyl groups excluding tert-OH is 1. The van der Waals surface area contributed by atoms with Crippen LogP contribution in [0.15, 0.2) is 35.2 Å². The molecule has 1 fully saturated rings. The van der Waals surface area contributed by atoms with Gasteiger partial charge in [0, 0.05) is 12.6 Å². The third kappa shape index (κ3) is 5.93. The second-order valence-corrected chi connectivity index (χ2v) is 9.92. The van der Waals surface area contributed by atoms with E-state index < -0.39 is 40.2 Å². The van der Waals surface area contributed by atoms with Crippen molar-refractivity contribution in [3.05, 3.63) is 30.3 Å². The van der Waals surface area contributed by atoms with Crippen LogP contribution in [0.4, 0.5) is 4.79 Å². The minimum absolute atomic E-state index is 0.0460. The number of carbonyl (C=O) groups is 2. The predicted molar refractivity (Wildman–Crippen MR) is 111 cm³/mol. The molecule has 0 unspecified atom stereocenters. The lowest BCUT2D eigenvalue weighted by molar-refractivity contribution is -0.132. The second-order valence-electron chi connectivity index (χ2n) is 8.11. The van der Waals surface area contributed by atoms with Gasteiger partial charge < -0.3 is 20.8 Å². The number of sulfonamides is 1. The fourth-order valence-corrected chi connectivity index (χ4v) is 5.30. The number of amides is 2. The van der Waals surface area contributed by atoms with Crippen LogP contribution in [0.5, 0.6) is 0 Å². The molecular weight excluding hydrogens is 410 g/mol. The molecule has 10 heteroatoms. The van der Waals surface area contributed by atoms with E-state index in [1.54, 1.807) is 18.2 Å². The van der Waals surface area contributed by atoms with Crippen molar-refractivity contribution in [1.82, 2.24) is 14.9 Å². The second kappa shape index (κ2) is 10.2. The average Bonchev–Trinajstić information content (AvgIpc) is 2.83. The van der Waals surface area contributed by atoms with Crippen molar-refractivity contribution in [3.63, 3.8) is 0 Å². The fraction of sp³-hybridized carbons (Fsp3) is 0.600. The quantitative estimate of drug-likeness (QED) is 0.502. The van der Waals surface area contributed by atoms with Gasteiger partial charge in [-0.05, 0) is 44.2 Å². The van der Waals surface area contributed by atoms with Crippen LogP contribution in [0.3, 0.4) is 0 Å². The maximum atomic E-state index is 13.5. The number of rotatable bonds is 7. The highest BCUT2D eigenvalue weighted by Crippen LogP contribution is 2.26. The summed E-state index contributed by atoms with van der Waals surface area (Å²) < 4.78 is 27.7. The molecule has 4 atom stereocenters. The molecule has 1 aliphatic rings. The standard InChI is InChI=1S/C20H31N3O6S/c1-13(2)11-16(22-20(26)27)19(25)23(17-10-9-14(3)21-12-18(17)24)30(28,29)15-7-5-4-6-8-15/h4-8,13-14,16-18,21-22,24H,9-12H2,1-3H3,(H,26,27)/t14-,16+,17+,18+/m1/s1. The number of carboxylic acid groups (broad SMARTS) is 1. The average molecular weight is 442 g/mol. The summed E-state index contributed by atoms with van der Waals surface area (Å²) in [5.74, 6) is -0.943. The zero-order chi connectivity index (χ0) is 22.5. The van der Waals surface area contributed by atoms with Crippen molar-refractivity contribution in [2.45, 2.75) is 69.2 Å². The van der Waals surface area contributed by atoms with Gasteiger partial charge in [-0.25, -0.2) is 17.5 Å². The Morgan fingerprint density at radius 1 is 1.23 bits per heavy atom. The first-order valence-corrected chi connectivity index (χ1v) is 11.5. The lowest BCUT2D eigenvalue weighted by Gasteiger charge is -2.35. The molecular formula is C20H31N3O6S. The molecule has 4 N–H and O–H groups in total. The fourth-order valence-electron chi connectivity index (χ4n) is 3.61. The normalized spacial score (nSPS) is 23.4. The third-order valence-electron chi connectivity index (χ3n) is 5.14. The Balaban J connectivity index is 2.54. The zero-order valence-corrected chi connectivity index (χ0v) is 18.3. The van der Waals surface area contributed by atoms with Crippen LogP contribution in [0.1, 0.15) is 40.0 Å². The smallest absolute Gasteiger partial charge is 0.405 e. The van der Waals surface area contributed by atoms with Crippen LogP contribution in [0, 0.1) is 5.92 Å². The summed E-state index contributed by atoms with van der Waals surface area (Å²) in [6.45, 7) is 5.67. The highest BCUT2D eigenvalue weighted by Gasteiger charge is 2.43. The van der Waals surface area contributed by atoms with Gasteiger partial charge in [0.1, 0.15) is 6.04 Å². The number of carbonyl (C=O) groups excluding carboxylic acids is 1. The molecule has 2 rings (SSSR count). The van der Waals surface area contributed by atoms with Crippen molar-refractivity contribution in [2.24, 2.45) is 5.92 Å². The van der Waals surface area contributed by atoms with Gasteiger partial charge in [0.25, 0.3) is 15.9 Å². The molecule has 0 saturated carbocycles. The van der Waals surface area contributed by atoms with Crippen molar-refractivity contribution in [1.29, 1.82) is 0 Å². The molecule has 1 saturated heterocycles. The maximum Gasteiger partial charge on any atom is 0.405 e. The van der Waals surface area contributed by atoms with Gasteiger partial charge in [0.15, 0.2) is 0 Å². The predicted octanol–water partition coefficient (Wildman–Crippen LogP) is 1.39. The highest BCUT2D eigenvalue weighted by atomic mass is 32.2. The molecule has 0 aromatic heterocycles. The van der Waals surface area contributed by atoms with Crippen LogP contribution in [0.2, 0.25) is 0 Å². The number of aliphatic hydroxyl groups is 1. The molecule has 2 amide bonds. The molecule has 9 nitrogen and oxygen atoms in total. The van der Waals surface area contributed by atoms with E-state index in [1.165, 1.54) is 12.1 Å². The summed E-state index contributed by atoms with van der Waals surface area (Å²) in [5.41, 5.74) is 0. The van der Waals surface area contributed by atoms with Gasteiger partial charge in [0.2, 0.25) is 0 Å². The molecule has 1 aliphatic heterocycles. The number of nitrogens with one attached hydrogen (secondary N) is 2. The number of benzene rings is 1. The van der Waals surface area contributed by atoms with Crippen LogP contribution in [-0.4, -0.2) is 65.7 Å². The molecule has 0 radical (unpaired) electrons. The Kier molecular flexibility index (Phi) is 8.22. The van der Waals surface area contributed by atoms with Gasteiger partial charge in [-0.15, -0.1) is 0 Å². The summed E-state index contributed by atoms with van der Waals surface area (Å²) in [5, 5.41) is 25.2. The van der Waals surface area contributed by atoms with Crippen LogP contribution >= 0.6 is 0 Å². The minimum atomic E-state index is -4.32. The number of hydrogen-bond acceptors (Lipinski definition) is 6. The molecule has 0 bridgehead atoms. The van der Waals surface area contributed by atoms with Gasteiger partial charge >= 0.3 is 6.09 Å². The molecule has 1 aromatic carbocycles. The topological polar surface area (TPSA) is 136 Å². The monoisotopic (exact) mass is 441 g/mol. The number of hydrogen-bond donors (Lipinski definition) is 4. The van der Waals surface area contributed by atoms with Crippen LogP contribution < -0.4 is 10.6 Å². The van der Waals surface area contributed by atoms with Crippen molar-refractivity contribution < 1.29 is 28.2 Å². The summed E-state index contributed by atoms with van der Waals surface area (Å²) in [4.78, 5) is 24.7. The first-order valence-electron chi connectivity index (χ1n) is 10.1. The van der Waals surface area contributed by atoms with E-state index in [-0.39, 0.29) is 36.2 Å². The van der Waals surface area contributed by atoms with E-state index in [4.69, 9.17) is 0 Å².